The van der Waals surface area contributed by atoms with Gasteiger partial charge in [-0.2, -0.15) is 0 Å². The first kappa shape index (κ1) is 22.4. The molecule has 0 spiro atoms. The Kier molecular flexibility index (Phi) is 7.60. The first-order valence-corrected chi connectivity index (χ1v) is 11.6. The molecule has 0 bridgehead atoms. The molecule has 1 amide bonds. The van der Waals surface area contributed by atoms with Gasteiger partial charge in [0, 0.05) is 38.3 Å². The van der Waals surface area contributed by atoms with Gasteiger partial charge in [-0.25, -0.2) is 13.1 Å². The Morgan fingerprint density at radius 3 is 2.60 bits per heavy atom. The second-order valence-corrected chi connectivity index (χ2v) is 9.25. The van der Waals surface area contributed by atoms with E-state index >= 15 is 0 Å². The maximum Gasteiger partial charge on any atom is 0.251 e. The summed E-state index contributed by atoms with van der Waals surface area (Å²) >= 11 is 0. The number of ether oxygens (including phenoxy) is 1. The summed E-state index contributed by atoms with van der Waals surface area (Å²) in [7, 11) is -3.62. The molecule has 0 unspecified atom stereocenters. The highest BCUT2D eigenvalue weighted by Crippen LogP contribution is 2.16. The molecule has 2 aromatic carbocycles. The van der Waals surface area contributed by atoms with E-state index in [1.54, 1.807) is 25.1 Å². The molecule has 0 radical (unpaired) electrons. The van der Waals surface area contributed by atoms with Crippen LogP contribution in [0.5, 0.6) is 0 Å². The van der Waals surface area contributed by atoms with E-state index in [2.05, 4.69) is 14.9 Å². The third-order valence-electron chi connectivity index (χ3n) is 5.03. The number of sulfonamides is 1. The van der Waals surface area contributed by atoms with Gasteiger partial charge >= 0.3 is 0 Å². The smallest absolute Gasteiger partial charge is 0.251 e. The minimum atomic E-state index is -3.62. The van der Waals surface area contributed by atoms with Crippen LogP contribution in [-0.4, -0.2) is 58.6 Å². The molecule has 0 aromatic heterocycles. The lowest BCUT2D eigenvalue weighted by atomic mass is 10.1. The predicted octanol–water partition coefficient (Wildman–Crippen LogP) is 1.84. The number of benzene rings is 2. The zero-order valence-corrected chi connectivity index (χ0v) is 18.3. The molecule has 2 aromatic rings. The highest BCUT2D eigenvalue weighted by molar-refractivity contribution is 7.89. The minimum absolute atomic E-state index is 0.120. The number of hydrogen-bond acceptors (Lipinski definition) is 5. The van der Waals surface area contributed by atoms with Crippen LogP contribution in [0, 0.1) is 13.8 Å². The Morgan fingerprint density at radius 2 is 1.83 bits per heavy atom. The van der Waals surface area contributed by atoms with Gasteiger partial charge in [-0.15, -0.1) is 0 Å². The van der Waals surface area contributed by atoms with Gasteiger partial charge in [0.25, 0.3) is 5.91 Å². The van der Waals surface area contributed by atoms with Gasteiger partial charge in [0.05, 0.1) is 18.1 Å². The molecule has 1 saturated heterocycles. The maximum absolute atomic E-state index is 12.5. The van der Waals surface area contributed by atoms with E-state index in [4.69, 9.17) is 4.74 Å². The lowest BCUT2D eigenvalue weighted by Gasteiger charge is -2.26. The quantitative estimate of drug-likeness (QED) is 0.623. The second-order valence-electron chi connectivity index (χ2n) is 7.51. The van der Waals surface area contributed by atoms with Crippen molar-refractivity contribution in [2.24, 2.45) is 0 Å². The summed E-state index contributed by atoms with van der Waals surface area (Å²) in [5.41, 5.74) is 3.21. The van der Waals surface area contributed by atoms with Gasteiger partial charge in [-0.3, -0.25) is 9.69 Å². The van der Waals surface area contributed by atoms with Gasteiger partial charge in [0.1, 0.15) is 0 Å². The van der Waals surface area contributed by atoms with Crippen LogP contribution in [0.15, 0.2) is 47.4 Å². The molecule has 162 valence electrons. The van der Waals surface area contributed by atoms with E-state index in [0.29, 0.717) is 11.1 Å². The summed E-state index contributed by atoms with van der Waals surface area (Å²) < 4.78 is 33.0. The highest BCUT2D eigenvalue weighted by Gasteiger charge is 2.17. The lowest BCUT2D eigenvalue weighted by molar-refractivity contribution is 0.0342. The van der Waals surface area contributed by atoms with Gasteiger partial charge in [-0.05, 0) is 48.7 Å². The van der Waals surface area contributed by atoms with Crippen molar-refractivity contribution in [3.63, 3.8) is 0 Å². The van der Waals surface area contributed by atoms with Crippen molar-refractivity contribution in [2.45, 2.75) is 25.3 Å². The zero-order chi connectivity index (χ0) is 21.6. The normalized spacial score (nSPS) is 15.1. The van der Waals surface area contributed by atoms with Gasteiger partial charge in [0.2, 0.25) is 10.0 Å². The molecule has 0 aliphatic carbocycles. The fourth-order valence-corrected chi connectivity index (χ4v) is 4.73. The average Bonchev–Trinajstić information content (AvgIpc) is 2.73. The fourth-order valence-electron chi connectivity index (χ4n) is 3.37. The number of hydrogen-bond donors (Lipinski definition) is 2. The highest BCUT2D eigenvalue weighted by atomic mass is 32.2. The first-order chi connectivity index (χ1) is 14.3. The average molecular weight is 432 g/mol. The molecule has 0 atom stereocenters. The van der Waals surface area contributed by atoms with Crippen LogP contribution < -0.4 is 10.0 Å². The van der Waals surface area contributed by atoms with Crippen molar-refractivity contribution in [1.82, 2.24) is 14.9 Å². The number of rotatable bonds is 8. The summed E-state index contributed by atoms with van der Waals surface area (Å²) in [6, 6.07) is 12.8. The topological polar surface area (TPSA) is 87.7 Å². The maximum atomic E-state index is 12.5. The molecule has 3 rings (SSSR count). The van der Waals surface area contributed by atoms with Crippen molar-refractivity contribution in [3.05, 3.63) is 64.7 Å². The largest absolute Gasteiger partial charge is 0.379 e. The third-order valence-corrected chi connectivity index (χ3v) is 6.64. The Morgan fingerprint density at radius 1 is 1.07 bits per heavy atom. The summed E-state index contributed by atoms with van der Waals surface area (Å²) in [4.78, 5) is 15.0. The number of carbonyl (C=O) groups excluding carboxylic acids is 1. The van der Waals surface area contributed by atoms with Crippen LogP contribution in [0.2, 0.25) is 0 Å². The standard InChI is InChI=1S/C22H29N3O4S/c1-17-6-7-18(2)21(14-17)30(27,28)24-9-8-23-22(26)20-5-3-4-19(15-20)16-25-10-12-29-13-11-25/h3-7,14-15,24H,8-13,16H2,1-2H3,(H,23,26). The summed E-state index contributed by atoms with van der Waals surface area (Å²) in [6.07, 6.45) is 0. The monoisotopic (exact) mass is 431 g/mol. The van der Waals surface area contributed by atoms with Crippen molar-refractivity contribution in [2.75, 3.05) is 39.4 Å². The molecule has 30 heavy (non-hydrogen) atoms. The Labute approximate surface area is 178 Å². The SMILES string of the molecule is Cc1ccc(C)c(S(=O)(=O)NCCNC(=O)c2cccc(CN3CCOCC3)c2)c1. The van der Waals surface area contributed by atoms with Gasteiger partial charge in [-0.1, -0.05) is 24.3 Å². The third kappa shape index (κ3) is 6.12. The molecular formula is C22H29N3O4S. The van der Waals surface area contributed by atoms with Crippen LogP contribution in [0.4, 0.5) is 0 Å². The number of nitrogens with one attached hydrogen (secondary N) is 2. The Bertz CT molecular complexity index is 986. The zero-order valence-electron chi connectivity index (χ0n) is 17.5. The fraction of sp³-hybridized carbons (Fsp3) is 0.409. The number of aryl methyl sites for hydroxylation is 2. The molecule has 1 fully saturated rings. The van der Waals surface area contributed by atoms with Gasteiger partial charge < -0.3 is 10.1 Å². The van der Waals surface area contributed by atoms with Crippen molar-refractivity contribution >= 4 is 15.9 Å². The lowest BCUT2D eigenvalue weighted by Crippen LogP contribution is -2.36. The molecule has 1 aliphatic rings. The molecule has 0 saturated carbocycles. The summed E-state index contributed by atoms with van der Waals surface area (Å²) in [5.74, 6) is -0.218. The predicted molar refractivity (Wildman–Crippen MR) is 116 cm³/mol. The van der Waals surface area contributed by atoms with Crippen LogP contribution >= 0.6 is 0 Å². The summed E-state index contributed by atoms with van der Waals surface area (Å²) in [6.45, 7) is 7.96. The number of carbonyl (C=O) groups is 1. The number of morpholine rings is 1. The van der Waals surface area contributed by atoms with Crippen molar-refractivity contribution < 1.29 is 17.9 Å². The van der Waals surface area contributed by atoms with Gasteiger partial charge in [0.15, 0.2) is 0 Å². The van der Waals surface area contributed by atoms with E-state index in [1.165, 1.54) is 0 Å². The van der Waals surface area contributed by atoms with Crippen LogP contribution in [-0.2, 0) is 21.3 Å². The first-order valence-electron chi connectivity index (χ1n) is 10.1. The van der Waals surface area contributed by atoms with E-state index in [9.17, 15) is 13.2 Å². The molecule has 7 nitrogen and oxygen atoms in total. The molecular weight excluding hydrogens is 402 g/mol. The summed E-state index contributed by atoms with van der Waals surface area (Å²) in [5, 5.41) is 2.78. The van der Waals surface area contributed by atoms with Crippen LogP contribution in [0.25, 0.3) is 0 Å². The number of amides is 1. The van der Waals surface area contributed by atoms with E-state index in [-0.39, 0.29) is 23.9 Å². The van der Waals surface area contributed by atoms with Crippen LogP contribution in [0.3, 0.4) is 0 Å². The molecule has 1 aliphatic heterocycles. The number of nitrogens with zero attached hydrogens (tertiary/aromatic N) is 1. The molecule has 8 heteroatoms. The minimum Gasteiger partial charge on any atom is -0.379 e. The van der Waals surface area contributed by atoms with E-state index in [0.717, 1.165) is 44.0 Å². The van der Waals surface area contributed by atoms with E-state index < -0.39 is 10.0 Å². The van der Waals surface area contributed by atoms with Crippen LogP contribution in [0.1, 0.15) is 27.0 Å². The molecule has 1 heterocycles. The Hall–Kier alpha value is -2.26. The van der Waals surface area contributed by atoms with E-state index in [1.807, 2.05) is 31.2 Å². The van der Waals surface area contributed by atoms with Crippen molar-refractivity contribution in [1.29, 1.82) is 0 Å². The molecule has 2 N–H and O–H groups in total. The van der Waals surface area contributed by atoms with Crippen molar-refractivity contribution in [3.8, 4) is 0 Å². The second kappa shape index (κ2) is 10.2. The Balaban J connectivity index is 1.51.